The lowest BCUT2D eigenvalue weighted by molar-refractivity contribution is -0.120. The molecule has 1 amide bonds. The van der Waals surface area contributed by atoms with Crippen LogP contribution in [0.15, 0.2) is 30.5 Å². The standard InChI is InChI=1S/C15H20N4O/c1-3-14-12(10-19(2)18-14)9-17-15(20)8-11-6-4-5-7-13(11)16/h4-7,10H,3,8-9,16H2,1-2H3,(H,17,20). The first-order valence-electron chi connectivity index (χ1n) is 6.71. The zero-order chi connectivity index (χ0) is 14.5. The molecule has 1 aromatic heterocycles. The van der Waals surface area contributed by atoms with Gasteiger partial charge in [-0.05, 0) is 18.1 Å². The number of amides is 1. The fourth-order valence-electron chi connectivity index (χ4n) is 2.15. The molecule has 1 heterocycles. The van der Waals surface area contributed by atoms with Crippen molar-refractivity contribution in [1.82, 2.24) is 15.1 Å². The van der Waals surface area contributed by atoms with Crippen molar-refractivity contribution in [2.75, 3.05) is 5.73 Å². The van der Waals surface area contributed by atoms with Gasteiger partial charge < -0.3 is 11.1 Å². The molecule has 0 aliphatic rings. The van der Waals surface area contributed by atoms with Gasteiger partial charge in [0.05, 0.1) is 12.1 Å². The fraction of sp³-hybridized carbons (Fsp3) is 0.333. The first-order chi connectivity index (χ1) is 9.60. The number of rotatable bonds is 5. The molecule has 0 saturated carbocycles. The average Bonchev–Trinajstić information content (AvgIpc) is 2.79. The maximum absolute atomic E-state index is 12.0. The highest BCUT2D eigenvalue weighted by atomic mass is 16.1. The minimum absolute atomic E-state index is 0.0335. The highest BCUT2D eigenvalue weighted by Crippen LogP contribution is 2.11. The smallest absolute Gasteiger partial charge is 0.224 e. The number of carbonyl (C=O) groups excluding carboxylic acids is 1. The predicted molar refractivity (Wildman–Crippen MR) is 79.0 cm³/mol. The molecule has 5 heteroatoms. The van der Waals surface area contributed by atoms with Crippen molar-refractivity contribution < 1.29 is 4.79 Å². The second-order valence-electron chi connectivity index (χ2n) is 4.78. The molecule has 1 aromatic carbocycles. The molecule has 0 spiro atoms. The molecule has 0 fully saturated rings. The maximum Gasteiger partial charge on any atom is 0.224 e. The molecule has 0 bridgehead atoms. The van der Waals surface area contributed by atoms with Gasteiger partial charge in [-0.1, -0.05) is 25.1 Å². The van der Waals surface area contributed by atoms with Gasteiger partial charge in [0.2, 0.25) is 5.91 Å². The van der Waals surface area contributed by atoms with Gasteiger partial charge >= 0.3 is 0 Å². The minimum atomic E-state index is -0.0335. The Morgan fingerprint density at radius 2 is 2.10 bits per heavy atom. The van der Waals surface area contributed by atoms with E-state index in [1.807, 2.05) is 31.4 Å². The zero-order valence-electron chi connectivity index (χ0n) is 11.9. The van der Waals surface area contributed by atoms with Gasteiger partial charge in [0.15, 0.2) is 0 Å². The second-order valence-corrected chi connectivity index (χ2v) is 4.78. The number of benzene rings is 1. The van der Waals surface area contributed by atoms with Gasteiger partial charge in [-0.15, -0.1) is 0 Å². The lowest BCUT2D eigenvalue weighted by atomic mass is 10.1. The molecule has 106 valence electrons. The Hall–Kier alpha value is -2.30. The van der Waals surface area contributed by atoms with E-state index in [9.17, 15) is 4.79 Å². The van der Waals surface area contributed by atoms with Gasteiger partial charge in [-0.2, -0.15) is 5.10 Å². The number of hydrogen-bond acceptors (Lipinski definition) is 3. The fourth-order valence-corrected chi connectivity index (χ4v) is 2.15. The summed E-state index contributed by atoms with van der Waals surface area (Å²) in [4.78, 5) is 12.0. The Bertz CT molecular complexity index is 604. The monoisotopic (exact) mass is 272 g/mol. The van der Waals surface area contributed by atoms with Crippen LogP contribution in [0.5, 0.6) is 0 Å². The summed E-state index contributed by atoms with van der Waals surface area (Å²) in [5.41, 5.74) is 9.42. The van der Waals surface area contributed by atoms with Crippen LogP contribution in [0.4, 0.5) is 5.69 Å². The molecule has 0 saturated heterocycles. The minimum Gasteiger partial charge on any atom is -0.398 e. The molecule has 2 aromatic rings. The number of para-hydroxylation sites is 1. The average molecular weight is 272 g/mol. The summed E-state index contributed by atoms with van der Waals surface area (Å²) in [6.45, 7) is 2.56. The van der Waals surface area contributed by atoms with Gasteiger partial charge in [0.1, 0.15) is 0 Å². The van der Waals surface area contributed by atoms with Crippen LogP contribution in [-0.2, 0) is 31.2 Å². The second kappa shape index (κ2) is 6.23. The summed E-state index contributed by atoms with van der Waals surface area (Å²) in [6.07, 6.45) is 3.10. The van der Waals surface area contributed by atoms with Crippen LogP contribution >= 0.6 is 0 Å². The van der Waals surface area contributed by atoms with Crippen molar-refractivity contribution >= 4 is 11.6 Å². The van der Waals surface area contributed by atoms with Crippen LogP contribution in [0, 0.1) is 0 Å². The maximum atomic E-state index is 12.0. The van der Waals surface area contributed by atoms with Crippen LogP contribution in [0.2, 0.25) is 0 Å². The SMILES string of the molecule is CCc1nn(C)cc1CNC(=O)Cc1ccccc1N. The number of anilines is 1. The van der Waals surface area contributed by atoms with Gasteiger partial charge in [-0.25, -0.2) is 0 Å². The van der Waals surface area contributed by atoms with Gasteiger partial charge in [-0.3, -0.25) is 9.48 Å². The highest BCUT2D eigenvalue weighted by Gasteiger charge is 2.09. The van der Waals surface area contributed by atoms with Crippen molar-refractivity contribution in [2.24, 2.45) is 7.05 Å². The van der Waals surface area contributed by atoms with Gasteiger partial charge in [0.25, 0.3) is 0 Å². The topological polar surface area (TPSA) is 72.9 Å². The Morgan fingerprint density at radius 1 is 1.35 bits per heavy atom. The quantitative estimate of drug-likeness (QED) is 0.809. The molecule has 0 unspecified atom stereocenters. The van der Waals surface area contributed by atoms with E-state index in [1.165, 1.54) is 0 Å². The number of nitrogen functional groups attached to an aromatic ring is 1. The van der Waals surface area contributed by atoms with E-state index in [0.29, 0.717) is 18.7 Å². The largest absolute Gasteiger partial charge is 0.398 e. The number of aromatic nitrogens is 2. The van der Waals surface area contributed by atoms with Crippen LogP contribution in [0.3, 0.4) is 0 Å². The van der Waals surface area contributed by atoms with Gasteiger partial charge in [0, 0.05) is 31.0 Å². The van der Waals surface area contributed by atoms with Crippen molar-refractivity contribution in [2.45, 2.75) is 26.3 Å². The Labute approximate surface area is 118 Å². The third-order valence-electron chi connectivity index (χ3n) is 3.21. The van der Waals surface area contributed by atoms with E-state index in [4.69, 9.17) is 5.73 Å². The first kappa shape index (κ1) is 14.1. The van der Waals surface area contributed by atoms with E-state index in [0.717, 1.165) is 23.2 Å². The summed E-state index contributed by atoms with van der Waals surface area (Å²) >= 11 is 0. The van der Waals surface area contributed by atoms with Crippen molar-refractivity contribution in [1.29, 1.82) is 0 Å². The van der Waals surface area contributed by atoms with Crippen molar-refractivity contribution in [3.05, 3.63) is 47.3 Å². The highest BCUT2D eigenvalue weighted by molar-refractivity contribution is 5.80. The molecule has 20 heavy (non-hydrogen) atoms. The van der Waals surface area contributed by atoms with Crippen LogP contribution < -0.4 is 11.1 Å². The van der Waals surface area contributed by atoms with Crippen LogP contribution in [-0.4, -0.2) is 15.7 Å². The summed E-state index contributed by atoms with van der Waals surface area (Å²) in [5.74, 6) is -0.0335. The Balaban J connectivity index is 1.94. The number of aryl methyl sites for hydroxylation is 2. The summed E-state index contributed by atoms with van der Waals surface area (Å²) in [7, 11) is 1.88. The summed E-state index contributed by atoms with van der Waals surface area (Å²) in [5, 5.41) is 7.27. The third kappa shape index (κ3) is 3.38. The van der Waals surface area contributed by atoms with E-state index in [1.54, 1.807) is 10.7 Å². The zero-order valence-corrected chi connectivity index (χ0v) is 11.9. The number of hydrogen-bond donors (Lipinski definition) is 2. The van der Waals surface area contributed by atoms with Crippen molar-refractivity contribution in [3.8, 4) is 0 Å². The molecular weight excluding hydrogens is 252 g/mol. The lowest BCUT2D eigenvalue weighted by Crippen LogP contribution is -2.25. The number of nitrogens with two attached hydrogens (primary N) is 1. The van der Waals surface area contributed by atoms with Crippen LogP contribution in [0.1, 0.15) is 23.7 Å². The lowest BCUT2D eigenvalue weighted by Gasteiger charge is -2.07. The molecule has 0 aliphatic carbocycles. The summed E-state index contributed by atoms with van der Waals surface area (Å²) in [6, 6.07) is 7.42. The Kier molecular flexibility index (Phi) is 4.40. The van der Waals surface area contributed by atoms with E-state index in [-0.39, 0.29) is 5.91 Å². The summed E-state index contributed by atoms with van der Waals surface area (Å²) < 4.78 is 1.77. The Morgan fingerprint density at radius 3 is 2.80 bits per heavy atom. The molecule has 0 atom stereocenters. The predicted octanol–water partition coefficient (Wildman–Crippen LogP) is 1.42. The molecular formula is C15H20N4O. The van der Waals surface area contributed by atoms with Crippen LogP contribution in [0.25, 0.3) is 0 Å². The van der Waals surface area contributed by atoms with E-state index < -0.39 is 0 Å². The third-order valence-corrected chi connectivity index (χ3v) is 3.21. The number of carbonyl (C=O) groups is 1. The molecule has 3 N–H and O–H groups in total. The number of nitrogens with one attached hydrogen (secondary N) is 1. The van der Waals surface area contributed by atoms with E-state index >= 15 is 0 Å². The first-order valence-corrected chi connectivity index (χ1v) is 6.71. The van der Waals surface area contributed by atoms with Crippen molar-refractivity contribution in [3.63, 3.8) is 0 Å². The van der Waals surface area contributed by atoms with E-state index in [2.05, 4.69) is 17.3 Å². The number of nitrogens with zero attached hydrogens (tertiary/aromatic N) is 2. The molecule has 0 aliphatic heterocycles. The normalized spacial score (nSPS) is 10.5. The molecule has 2 rings (SSSR count). The molecule has 5 nitrogen and oxygen atoms in total. The molecule has 0 radical (unpaired) electrons.